The van der Waals surface area contributed by atoms with Crippen LogP contribution in [0.4, 0.5) is 4.39 Å². The molecule has 0 fully saturated rings. The Hall–Kier alpha value is -1.60. The van der Waals surface area contributed by atoms with Gasteiger partial charge in [0.2, 0.25) is 0 Å². The Bertz CT molecular complexity index is 905. The number of hydrogen-bond donors (Lipinski definition) is 1. The summed E-state index contributed by atoms with van der Waals surface area (Å²) >= 11 is 11.4. The summed E-state index contributed by atoms with van der Waals surface area (Å²) in [6.07, 6.45) is 0. The quantitative estimate of drug-likeness (QED) is 0.426. The fourth-order valence-electron chi connectivity index (χ4n) is 2.51. The largest absolute Gasteiger partial charge is 0.493 e. The third-order valence-electron chi connectivity index (χ3n) is 3.93. The Morgan fingerprint density at radius 3 is 2.67 bits per heavy atom. The van der Waals surface area contributed by atoms with Crippen molar-refractivity contribution in [3.8, 4) is 11.5 Å². The van der Waals surface area contributed by atoms with Crippen molar-refractivity contribution in [3.05, 3.63) is 79.2 Å². The third kappa shape index (κ3) is 5.45. The molecule has 2 aromatic carbocycles. The van der Waals surface area contributed by atoms with E-state index in [0.29, 0.717) is 28.6 Å². The lowest BCUT2D eigenvalue weighted by Gasteiger charge is -2.15. The van der Waals surface area contributed by atoms with E-state index < -0.39 is 0 Å². The van der Waals surface area contributed by atoms with Gasteiger partial charge in [0.15, 0.2) is 11.5 Å². The number of benzene rings is 2. The van der Waals surface area contributed by atoms with Gasteiger partial charge in [-0.15, -0.1) is 11.3 Å². The van der Waals surface area contributed by atoms with Crippen LogP contribution in [-0.4, -0.2) is 7.11 Å². The second-order valence-corrected chi connectivity index (χ2v) is 8.10. The molecule has 7 heteroatoms. The second-order valence-electron chi connectivity index (χ2n) is 5.80. The number of ether oxygens (including phenoxy) is 2. The molecule has 27 heavy (non-hydrogen) atoms. The van der Waals surface area contributed by atoms with Gasteiger partial charge in [-0.1, -0.05) is 39.7 Å². The van der Waals surface area contributed by atoms with Crippen molar-refractivity contribution >= 4 is 38.9 Å². The highest BCUT2D eigenvalue weighted by Gasteiger charge is 2.12. The molecule has 0 saturated heterocycles. The highest BCUT2D eigenvalue weighted by Crippen LogP contribution is 2.34. The minimum atomic E-state index is -0.372. The summed E-state index contributed by atoms with van der Waals surface area (Å²) < 4.78 is 25.4. The average molecular weight is 471 g/mol. The first-order chi connectivity index (χ1) is 13.1. The van der Waals surface area contributed by atoms with Crippen molar-refractivity contribution in [1.82, 2.24) is 5.32 Å². The zero-order valence-corrected chi connectivity index (χ0v) is 17.8. The number of halogens is 3. The topological polar surface area (TPSA) is 30.5 Å². The van der Waals surface area contributed by atoms with Gasteiger partial charge in [-0.2, -0.15) is 0 Å². The number of hydrogen-bond acceptors (Lipinski definition) is 4. The first-order valence-electron chi connectivity index (χ1n) is 8.23. The second kappa shape index (κ2) is 9.55. The smallest absolute Gasteiger partial charge is 0.162 e. The van der Waals surface area contributed by atoms with Gasteiger partial charge < -0.3 is 14.8 Å². The molecule has 142 valence electrons. The number of methoxy groups -OCH3 is 1. The van der Waals surface area contributed by atoms with E-state index in [1.54, 1.807) is 24.5 Å². The molecular formula is C20H18BrClFNO2S. The highest BCUT2D eigenvalue weighted by atomic mass is 79.9. The van der Waals surface area contributed by atoms with Crippen molar-refractivity contribution in [3.63, 3.8) is 0 Å². The average Bonchev–Trinajstić information content (AvgIpc) is 3.16. The Morgan fingerprint density at radius 2 is 1.96 bits per heavy atom. The van der Waals surface area contributed by atoms with Crippen molar-refractivity contribution < 1.29 is 13.9 Å². The van der Waals surface area contributed by atoms with E-state index in [9.17, 15) is 4.39 Å². The minimum absolute atomic E-state index is 0.220. The zero-order valence-electron chi connectivity index (χ0n) is 14.6. The van der Waals surface area contributed by atoms with Gasteiger partial charge in [0, 0.05) is 28.0 Å². The first kappa shape index (κ1) is 20.1. The van der Waals surface area contributed by atoms with Gasteiger partial charge in [-0.05, 0) is 41.3 Å². The van der Waals surface area contributed by atoms with E-state index in [0.717, 1.165) is 16.6 Å². The summed E-state index contributed by atoms with van der Waals surface area (Å²) in [6.45, 7) is 1.73. The van der Waals surface area contributed by atoms with Gasteiger partial charge in [-0.25, -0.2) is 4.39 Å². The van der Waals surface area contributed by atoms with Crippen molar-refractivity contribution in [2.75, 3.05) is 7.11 Å². The van der Waals surface area contributed by atoms with E-state index >= 15 is 0 Å². The molecule has 0 unspecified atom stereocenters. The predicted molar refractivity (Wildman–Crippen MR) is 111 cm³/mol. The maximum atomic E-state index is 13.2. The van der Waals surface area contributed by atoms with Crippen LogP contribution in [0, 0.1) is 5.82 Å². The van der Waals surface area contributed by atoms with Crippen LogP contribution in [-0.2, 0) is 19.7 Å². The van der Waals surface area contributed by atoms with Crippen LogP contribution in [0.3, 0.4) is 0 Å². The molecule has 0 radical (unpaired) electrons. The lowest BCUT2D eigenvalue weighted by Crippen LogP contribution is -2.12. The minimum Gasteiger partial charge on any atom is -0.493 e. The van der Waals surface area contributed by atoms with E-state index in [1.807, 2.05) is 18.2 Å². The van der Waals surface area contributed by atoms with Crippen LogP contribution in [0.25, 0.3) is 0 Å². The summed E-state index contributed by atoms with van der Waals surface area (Å²) in [5.74, 6) is 0.847. The molecule has 1 heterocycles. The van der Waals surface area contributed by atoms with E-state index in [2.05, 4.69) is 32.7 Å². The normalized spacial score (nSPS) is 10.8. The summed E-state index contributed by atoms with van der Waals surface area (Å²) in [6, 6.07) is 12.2. The molecule has 0 saturated carbocycles. The Morgan fingerprint density at radius 1 is 1.11 bits per heavy atom. The molecule has 0 aliphatic heterocycles. The van der Waals surface area contributed by atoms with Gasteiger partial charge in [0.05, 0.1) is 12.1 Å². The van der Waals surface area contributed by atoms with Crippen LogP contribution < -0.4 is 14.8 Å². The van der Waals surface area contributed by atoms with Gasteiger partial charge in [0.1, 0.15) is 12.4 Å². The maximum Gasteiger partial charge on any atom is 0.162 e. The molecule has 1 aromatic heterocycles. The maximum absolute atomic E-state index is 13.2. The molecule has 1 N–H and O–H groups in total. The number of rotatable bonds is 8. The van der Waals surface area contributed by atoms with Crippen molar-refractivity contribution in [2.45, 2.75) is 19.7 Å². The molecule has 3 nitrogen and oxygen atoms in total. The fraction of sp³-hybridized carbons (Fsp3) is 0.200. The SMILES string of the molecule is COc1cc(CNCc2cccs2)c(Br)cc1OCc1ccc(F)cc1Cl. The van der Waals surface area contributed by atoms with Crippen molar-refractivity contribution in [2.24, 2.45) is 0 Å². The van der Waals surface area contributed by atoms with Crippen LogP contribution in [0.15, 0.2) is 52.3 Å². The van der Waals surface area contributed by atoms with E-state index in [1.165, 1.54) is 17.0 Å². The number of thiophene rings is 1. The Balaban J connectivity index is 1.67. The van der Waals surface area contributed by atoms with Crippen molar-refractivity contribution in [1.29, 1.82) is 0 Å². The Kier molecular flexibility index (Phi) is 7.13. The first-order valence-corrected chi connectivity index (χ1v) is 10.3. The summed E-state index contributed by atoms with van der Waals surface area (Å²) in [7, 11) is 1.60. The zero-order chi connectivity index (χ0) is 19.2. The summed E-state index contributed by atoms with van der Waals surface area (Å²) in [5.41, 5.74) is 1.77. The lowest BCUT2D eigenvalue weighted by molar-refractivity contribution is 0.284. The molecule has 0 amide bonds. The van der Waals surface area contributed by atoms with Gasteiger partial charge in [-0.3, -0.25) is 0 Å². The molecule has 0 spiro atoms. The molecule has 3 rings (SSSR count). The molecule has 0 aliphatic carbocycles. The van der Waals surface area contributed by atoms with Crippen LogP contribution in [0.5, 0.6) is 11.5 Å². The van der Waals surface area contributed by atoms with E-state index in [-0.39, 0.29) is 12.4 Å². The number of nitrogens with one attached hydrogen (secondary N) is 1. The van der Waals surface area contributed by atoms with Crippen LogP contribution in [0.1, 0.15) is 16.0 Å². The fourth-order valence-corrected chi connectivity index (χ4v) is 3.87. The van der Waals surface area contributed by atoms with E-state index in [4.69, 9.17) is 21.1 Å². The molecule has 3 aromatic rings. The van der Waals surface area contributed by atoms with Crippen LogP contribution >= 0.6 is 38.9 Å². The lowest BCUT2D eigenvalue weighted by atomic mass is 10.2. The van der Waals surface area contributed by atoms with Gasteiger partial charge in [0.25, 0.3) is 0 Å². The predicted octanol–water partition coefficient (Wildman–Crippen LogP) is 6.18. The monoisotopic (exact) mass is 469 g/mol. The van der Waals surface area contributed by atoms with Crippen LogP contribution in [0.2, 0.25) is 5.02 Å². The van der Waals surface area contributed by atoms with Gasteiger partial charge >= 0.3 is 0 Å². The summed E-state index contributed by atoms with van der Waals surface area (Å²) in [5, 5.41) is 5.82. The third-order valence-corrected chi connectivity index (χ3v) is 5.89. The molecule has 0 bridgehead atoms. The molecular weight excluding hydrogens is 453 g/mol. The molecule has 0 aliphatic rings. The highest BCUT2D eigenvalue weighted by molar-refractivity contribution is 9.10. The summed E-state index contributed by atoms with van der Waals surface area (Å²) in [4.78, 5) is 1.29. The Labute approximate surface area is 175 Å². The standard InChI is InChI=1S/C20H18BrClFNO2S/c1-25-19-7-14(10-24-11-16-3-2-6-27-16)17(21)9-20(19)26-12-13-4-5-15(23)8-18(13)22/h2-9,24H,10-12H2,1H3. The molecule has 0 atom stereocenters.